The molecule has 2 N–H and O–H groups in total. The highest BCUT2D eigenvalue weighted by molar-refractivity contribution is 14.1. The summed E-state index contributed by atoms with van der Waals surface area (Å²) in [6, 6.07) is 9.90. The number of aryl methyl sites for hydroxylation is 1. The summed E-state index contributed by atoms with van der Waals surface area (Å²) in [7, 11) is 0. The van der Waals surface area contributed by atoms with Crippen molar-refractivity contribution in [3.8, 4) is 5.69 Å². The van der Waals surface area contributed by atoms with Crippen LogP contribution in [0, 0.1) is 16.3 Å². The number of rotatable bonds is 1. The highest BCUT2D eigenvalue weighted by Crippen LogP contribution is 2.19. The van der Waals surface area contributed by atoms with Gasteiger partial charge >= 0.3 is 0 Å². The normalized spacial score (nSPS) is 11.0. The van der Waals surface area contributed by atoms with Crippen molar-refractivity contribution in [1.29, 1.82) is 0 Å². The molecule has 0 aliphatic heterocycles. The summed E-state index contributed by atoms with van der Waals surface area (Å²) in [5.74, 6) is -0.535. The Morgan fingerprint density at radius 1 is 1.24 bits per heavy atom. The van der Waals surface area contributed by atoms with Crippen LogP contribution in [0.4, 0.5) is 10.3 Å². The summed E-state index contributed by atoms with van der Waals surface area (Å²) < 4.78 is 16.1. The Bertz CT molecular complexity index is 921. The van der Waals surface area contributed by atoms with E-state index in [9.17, 15) is 9.18 Å². The minimum absolute atomic E-state index is 0.0311. The van der Waals surface area contributed by atoms with Crippen molar-refractivity contribution >= 4 is 39.4 Å². The van der Waals surface area contributed by atoms with Crippen LogP contribution in [-0.2, 0) is 0 Å². The lowest BCUT2D eigenvalue weighted by molar-refractivity contribution is 0.615. The van der Waals surface area contributed by atoms with Crippen LogP contribution >= 0.6 is 22.6 Å². The second kappa shape index (κ2) is 5.10. The second-order valence-electron chi connectivity index (χ2n) is 4.73. The van der Waals surface area contributed by atoms with Gasteiger partial charge in [0.05, 0.1) is 16.6 Å². The average Bonchev–Trinajstić information content (AvgIpc) is 2.42. The SMILES string of the molecule is Cc1ccc(-n2c(N)nc3ccc(I)cc3c2=O)c(F)c1. The van der Waals surface area contributed by atoms with Gasteiger partial charge in [-0.25, -0.2) is 13.9 Å². The van der Waals surface area contributed by atoms with E-state index >= 15 is 0 Å². The maximum atomic E-state index is 14.1. The molecule has 0 spiro atoms. The zero-order valence-electron chi connectivity index (χ0n) is 11.1. The van der Waals surface area contributed by atoms with Crippen molar-refractivity contribution in [3.63, 3.8) is 0 Å². The van der Waals surface area contributed by atoms with Crippen LogP contribution in [0.3, 0.4) is 0 Å². The van der Waals surface area contributed by atoms with Crippen LogP contribution in [0.15, 0.2) is 41.2 Å². The Morgan fingerprint density at radius 2 is 2.00 bits per heavy atom. The minimum atomic E-state index is -0.504. The highest BCUT2D eigenvalue weighted by Gasteiger charge is 2.14. The summed E-state index contributed by atoms with van der Waals surface area (Å²) in [5.41, 5.74) is 6.85. The third kappa shape index (κ3) is 2.39. The number of halogens is 2. The standard InChI is InChI=1S/C15H11FIN3O/c1-8-2-5-13(11(16)6-8)20-14(21)10-7-9(17)3-4-12(10)19-15(20)18/h2-7H,1H3,(H2,18,19). The van der Waals surface area contributed by atoms with Crippen LogP contribution in [0.25, 0.3) is 16.6 Å². The number of anilines is 1. The number of hydrogen-bond donors (Lipinski definition) is 1. The first-order valence-electron chi connectivity index (χ1n) is 6.21. The Balaban J connectivity index is 2.40. The number of nitrogen functional groups attached to an aromatic ring is 1. The molecule has 0 saturated heterocycles. The molecule has 0 radical (unpaired) electrons. The third-order valence-corrected chi connectivity index (χ3v) is 3.87. The maximum absolute atomic E-state index is 14.1. The lowest BCUT2D eigenvalue weighted by atomic mass is 10.2. The largest absolute Gasteiger partial charge is 0.369 e. The molecule has 0 aliphatic rings. The van der Waals surface area contributed by atoms with Gasteiger partial charge < -0.3 is 5.73 Å². The molecular formula is C15H11FIN3O. The zero-order chi connectivity index (χ0) is 15.1. The number of nitrogens with zero attached hydrogens (tertiary/aromatic N) is 2. The van der Waals surface area contributed by atoms with Crippen LogP contribution in [0.1, 0.15) is 5.56 Å². The summed E-state index contributed by atoms with van der Waals surface area (Å²) >= 11 is 2.11. The van der Waals surface area contributed by atoms with Gasteiger partial charge in [-0.05, 0) is 65.4 Å². The van der Waals surface area contributed by atoms with Gasteiger partial charge in [-0.2, -0.15) is 0 Å². The smallest absolute Gasteiger partial charge is 0.267 e. The highest BCUT2D eigenvalue weighted by atomic mass is 127. The fourth-order valence-corrected chi connectivity index (χ4v) is 2.69. The van der Waals surface area contributed by atoms with E-state index in [2.05, 4.69) is 27.6 Å². The molecule has 1 aromatic heterocycles. The van der Waals surface area contributed by atoms with Gasteiger partial charge in [0.2, 0.25) is 5.95 Å². The van der Waals surface area contributed by atoms with Gasteiger partial charge in [-0.3, -0.25) is 4.79 Å². The molecule has 1 heterocycles. The van der Waals surface area contributed by atoms with Crippen LogP contribution in [0.2, 0.25) is 0 Å². The van der Waals surface area contributed by atoms with E-state index in [1.54, 1.807) is 25.1 Å². The van der Waals surface area contributed by atoms with Crippen LogP contribution in [-0.4, -0.2) is 9.55 Å². The van der Waals surface area contributed by atoms with E-state index in [0.29, 0.717) is 10.9 Å². The van der Waals surface area contributed by atoms with E-state index in [-0.39, 0.29) is 17.2 Å². The van der Waals surface area contributed by atoms with Gasteiger partial charge in [-0.15, -0.1) is 0 Å². The molecule has 4 nitrogen and oxygen atoms in total. The number of benzene rings is 2. The van der Waals surface area contributed by atoms with Crippen molar-refractivity contribution in [3.05, 3.63) is 61.7 Å². The molecule has 2 aromatic carbocycles. The van der Waals surface area contributed by atoms with Gasteiger partial charge in [0.15, 0.2) is 0 Å². The molecule has 0 bridgehead atoms. The van der Waals surface area contributed by atoms with Crippen molar-refractivity contribution < 1.29 is 4.39 Å². The number of aromatic nitrogens is 2. The van der Waals surface area contributed by atoms with E-state index in [1.807, 2.05) is 6.07 Å². The topological polar surface area (TPSA) is 60.9 Å². The first-order chi connectivity index (χ1) is 9.97. The van der Waals surface area contributed by atoms with Crippen molar-refractivity contribution in [2.24, 2.45) is 0 Å². The fraction of sp³-hybridized carbons (Fsp3) is 0.0667. The van der Waals surface area contributed by atoms with E-state index in [4.69, 9.17) is 5.73 Å². The van der Waals surface area contributed by atoms with Crippen molar-refractivity contribution in [1.82, 2.24) is 9.55 Å². The van der Waals surface area contributed by atoms with E-state index < -0.39 is 5.82 Å². The maximum Gasteiger partial charge on any atom is 0.267 e. The molecule has 0 fully saturated rings. The predicted molar refractivity (Wildman–Crippen MR) is 89.2 cm³/mol. The number of hydrogen-bond acceptors (Lipinski definition) is 3. The summed E-state index contributed by atoms with van der Waals surface area (Å²) in [6.45, 7) is 1.78. The Morgan fingerprint density at radius 3 is 2.71 bits per heavy atom. The Labute approximate surface area is 133 Å². The number of fused-ring (bicyclic) bond motifs is 1. The molecule has 0 atom stereocenters. The van der Waals surface area contributed by atoms with Gasteiger partial charge in [0.25, 0.3) is 5.56 Å². The van der Waals surface area contributed by atoms with Gasteiger partial charge in [0.1, 0.15) is 5.82 Å². The van der Waals surface area contributed by atoms with Crippen molar-refractivity contribution in [2.45, 2.75) is 6.92 Å². The molecule has 3 aromatic rings. The molecule has 3 rings (SSSR count). The number of nitrogens with two attached hydrogens (primary N) is 1. The van der Waals surface area contributed by atoms with Crippen molar-refractivity contribution in [2.75, 3.05) is 5.73 Å². The first kappa shape index (κ1) is 14.0. The first-order valence-corrected chi connectivity index (χ1v) is 7.29. The third-order valence-electron chi connectivity index (χ3n) is 3.20. The lowest BCUT2D eigenvalue weighted by Gasteiger charge is -2.11. The minimum Gasteiger partial charge on any atom is -0.369 e. The Hall–Kier alpha value is -1.96. The summed E-state index contributed by atoms with van der Waals surface area (Å²) in [5, 5.41) is 0.413. The summed E-state index contributed by atoms with van der Waals surface area (Å²) in [6.07, 6.45) is 0. The second-order valence-corrected chi connectivity index (χ2v) is 5.97. The van der Waals surface area contributed by atoms with E-state index in [1.165, 1.54) is 12.1 Å². The molecular weight excluding hydrogens is 384 g/mol. The molecule has 106 valence electrons. The monoisotopic (exact) mass is 395 g/mol. The van der Waals surface area contributed by atoms with Crippen LogP contribution < -0.4 is 11.3 Å². The quantitative estimate of drug-likeness (QED) is 0.645. The molecule has 21 heavy (non-hydrogen) atoms. The van der Waals surface area contributed by atoms with Gasteiger partial charge in [-0.1, -0.05) is 6.07 Å². The molecule has 0 unspecified atom stereocenters. The summed E-state index contributed by atoms with van der Waals surface area (Å²) in [4.78, 5) is 16.8. The fourth-order valence-electron chi connectivity index (χ4n) is 2.20. The zero-order valence-corrected chi connectivity index (χ0v) is 13.3. The van der Waals surface area contributed by atoms with Gasteiger partial charge in [0, 0.05) is 3.57 Å². The molecule has 0 aliphatic carbocycles. The van der Waals surface area contributed by atoms with E-state index in [0.717, 1.165) is 13.7 Å². The van der Waals surface area contributed by atoms with Crippen LogP contribution in [0.5, 0.6) is 0 Å². The predicted octanol–water partition coefficient (Wildman–Crippen LogP) is 3.02. The molecule has 6 heteroatoms. The molecule has 0 saturated carbocycles. The Kier molecular flexibility index (Phi) is 3.40. The lowest BCUT2D eigenvalue weighted by Crippen LogP contribution is -2.24. The average molecular weight is 395 g/mol. The molecule has 0 amide bonds.